The average molecular weight is 355 g/mol. The smallest absolute Gasteiger partial charge is 0.246 e. The predicted octanol–water partition coefficient (Wildman–Crippen LogP) is 2.94. The molecule has 0 aliphatic rings. The third kappa shape index (κ3) is 4.30. The molecule has 0 bridgehead atoms. The van der Waals surface area contributed by atoms with E-state index in [9.17, 15) is 0 Å². The maximum absolute atomic E-state index is 5.25. The summed E-state index contributed by atoms with van der Waals surface area (Å²) in [4.78, 5) is 8.55. The molecule has 0 atom stereocenters. The fourth-order valence-corrected chi connectivity index (χ4v) is 2.35. The van der Waals surface area contributed by atoms with Crippen LogP contribution in [0, 0.1) is 6.92 Å². The van der Waals surface area contributed by atoms with Crippen LogP contribution >= 0.6 is 12.2 Å². The molecule has 0 radical (unpaired) electrons. The lowest BCUT2D eigenvalue weighted by atomic mass is 10.1. The van der Waals surface area contributed by atoms with Gasteiger partial charge in [-0.3, -0.25) is 0 Å². The summed E-state index contributed by atoms with van der Waals surface area (Å²) in [5.41, 5.74) is 2.05. The van der Waals surface area contributed by atoms with Crippen molar-refractivity contribution in [3.8, 4) is 17.1 Å². The second-order valence-corrected chi connectivity index (χ2v) is 5.65. The van der Waals surface area contributed by atoms with Crippen LogP contribution in [-0.4, -0.2) is 27.3 Å². The molecule has 0 saturated heterocycles. The molecule has 0 amide bonds. The van der Waals surface area contributed by atoms with Crippen molar-refractivity contribution in [3.05, 3.63) is 54.0 Å². The summed E-state index contributed by atoms with van der Waals surface area (Å²) in [6, 6.07) is 11.5. The molecule has 2 heterocycles. The summed E-state index contributed by atoms with van der Waals surface area (Å²) in [5, 5.41) is 10.4. The van der Waals surface area contributed by atoms with Crippen LogP contribution in [0.1, 0.15) is 11.5 Å². The number of thiocarbonyl (C=S) groups is 1. The molecule has 0 spiro atoms. The molecule has 8 heteroatoms. The van der Waals surface area contributed by atoms with Gasteiger partial charge in [0.15, 0.2) is 16.7 Å². The van der Waals surface area contributed by atoms with Crippen LogP contribution in [0.2, 0.25) is 0 Å². The molecule has 2 N–H and O–H groups in total. The second kappa shape index (κ2) is 7.71. The summed E-state index contributed by atoms with van der Waals surface area (Å²) in [5.74, 6) is 2.12. The SMILES string of the molecule is COc1cccnc1NC(=S)NCc1nc(-c2cccc(C)c2)no1. The first-order chi connectivity index (χ1) is 12.2. The highest BCUT2D eigenvalue weighted by Gasteiger charge is 2.10. The van der Waals surface area contributed by atoms with Crippen molar-refractivity contribution in [1.29, 1.82) is 0 Å². The first kappa shape index (κ1) is 16.8. The quantitative estimate of drug-likeness (QED) is 0.676. The lowest BCUT2D eigenvalue weighted by Crippen LogP contribution is -2.28. The highest BCUT2D eigenvalue weighted by Crippen LogP contribution is 2.20. The minimum atomic E-state index is 0.305. The van der Waals surface area contributed by atoms with Crippen molar-refractivity contribution in [2.75, 3.05) is 12.4 Å². The minimum absolute atomic E-state index is 0.305. The van der Waals surface area contributed by atoms with Gasteiger partial charge in [-0.1, -0.05) is 28.9 Å². The molecular weight excluding hydrogens is 338 g/mol. The van der Waals surface area contributed by atoms with Gasteiger partial charge in [-0.2, -0.15) is 4.98 Å². The lowest BCUT2D eigenvalue weighted by Gasteiger charge is -2.10. The number of aromatic nitrogens is 3. The maximum Gasteiger partial charge on any atom is 0.246 e. The fraction of sp³-hybridized carbons (Fsp3) is 0.176. The Morgan fingerprint density at radius 1 is 1.28 bits per heavy atom. The zero-order valence-corrected chi connectivity index (χ0v) is 14.6. The van der Waals surface area contributed by atoms with Crippen LogP contribution < -0.4 is 15.4 Å². The monoisotopic (exact) mass is 355 g/mol. The van der Waals surface area contributed by atoms with Gasteiger partial charge in [-0.15, -0.1) is 0 Å². The van der Waals surface area contributed by atoms with Crippen LogP contribution in [0.5, 0.6) is 5.75 Å². The molecule has 0 aliphatic heterocycles. The van der Waals surface area contributed by atoms with Crippen molar-refractivity contribution in [2.24, 2.45) is 0 Å². The molecule has 0 fully saturated rings. The summed E-state index contributed by atoms with van der Waals surface area (Å²) in [7, 11) is 1.57. The number of hydrogen-bond donors (Lipinski definition) is 2. The highest BCUT2D eigenvalue weighted by atomic mass is 32.1. The number of ether oxygens (including phenoxy) is 1. The van der Waals surface area contributed by atoms with E-state index < -0.39 is 0 Å². The number of nitrogens with zero attached hydrogens (tertiary/aromatic N) is 3. The third-order valence-corrected chi connectivity index (χ3v) is 3.61. The van der Waals surface area contributed by atoms with E-state index in [2.05, 4.69) is 25.8 Å². The number of methoxy groups -OCH3 is 1. The Balaban J connectivity index is 1.59. The molecule has 128 valence electrons. The van der Waals surface area contributed by atoms with E-state index in [4.69, 9.17) is 21.5 Å². The number of nitrogens with one attached hydrogen (secondary N) is 2. The Bertz CT molecular complexity index is 881. The molecule has 2 aromatic heterocycles. The van der Waals surface area contributed by atoms with Gasteiger partial charge in [0.05, 0.1) is 13.7 Å². The van der Waals surface area contributed by atoms with Crippen molar-refractivity contribution < 1.29 is 9.26 Å². The van der Waals surface area contributed by atoms with Crippen LogP contribution in [0.3, 0.4) is 0 Å². The molecule has 0 aliphatic carbocycles. The summed E-state index contributed by atoms with van der Waals surface area (Å²) < 4.78 is 10.5. The van der Waals surface area contributed by atoms with Crippen LogP contribution in [0.15, 0.2) is 47.1 Å². The molecule has 1 aromatic carbocycles. The standard InChI is InChI=1S/C17H17N5O2S/c1-11-5-3-6-12(9-11)15-20-14(24-22-15)10-19-17(25)21-16-13(23-2)7-4-8-18-16/h3-9H,10H2,1-2H3,(H2,18,19,21,25). The molecule has 7 nitrogen and oxygen atoms in total. The number of anilines is 1. The zero-order chi connectivity index (χ0) is 17.6. The number of hydrogen-bond acceptors (Lipinski definition) is 6. The van der Waals surface area contributed by atoms with Gasteiger partial charge in [-0.25, -0.2) is 4.98 Å². The number of benzene rings is 1. The van der Waals surface area contributed by atoms with E-state index in [-0.39, 0.29) is 0 Å². The molecule has 0 unspecified atom stereocenters. The van der Waals surface area contributed by atoms with Crippen LogP contribution in [0.25, 0.3) is 11.4 Å². The fourth-order valence-electron chi connectivity index (χ4n) is 2.18. The van der Waals surface area contributed by atoms with Crippen LogP contribution in [-0.2, 0) is 6.54 Å². The molecule has 25 heavy (non-hydrogen) atoms. The van der Waals surface area contributed by atoms with Gasteiger partial charge in [0.2, 0.25) is 11.7 Å². The van der Waals surface area contributed by atoms with E-state index in [1.54, 1.807) is 25.4 Å². The van der Waals surface area contributed by atoms with Gasteiger partial charge in [-0.05, 0) is 37.3 Å². The Morgan fingerprint density at radius 3 is 2.96 bits per heavy atom. The largest absolute Gasteiger partial charge is 0.493 e. The molecule has 3 aromatic rings. The Kier molecular flexibility index (Phi) is 5.20. The van der Waals surface area contributed by atoms with E-state index in [1.807, 2.05) is 31.2 Å². The Morgan fingerprint density at radius 2 is 2.16 bits per heavy atom. The van der Waals surface area contributed by atoms with Gasteiger partial charge < -0.3 is 19.9 Å². The average Bonchev–Trinajstić information content (AvgIpc) is 3.09. The third-order valence-electron chi connectivity index (χ3n) is 3.37. The Labute approximate surface area is 150 Å². The molecular formula is C17H17N5O2S. The summed E-state index contributed by atoms with van der Waals surface area (Å²) in [6.07, 6.45) is 1.65. The van der Waals surface area contributed by atoms with Crippen molar-refractivity contribution >= 4 is 23.1 Å². The molecule has 3 rings (SSSR count). The van der Waals surface area contributed by atoms with Gasteiger partial charge >= 0.3 is 0 Å². The van der Waals surface area contributed by atoms with Gasteiger partial charge in [0, 0.05) is 11.8 Å². The number of aryl methyl sites for hydroxylation is 1. The molecule has 0 saturated carbocycles. The van der Waals surface area contributed by atoms with E-state index in [1.165, 1.54) is 0 Å². The maximum atomic E-state index is 5.25. The summed E-state index contributed by atoms with van der Waals surface area (Å²) in [6.45, 7) is 2.32. The summed E-state index contributed by atoms with van der Waals surface area (Å²) >= 11 is 5.25. The normalized spacial score (nSPS) is 10.3. The van der Waals surface area contributed by atoms with Gasteiger partial charge in [0.25, 0.3) is 0 Å². The van der Waals surface area contributed by atoms with Crippen molar-refractivity contribution in [3.63, 3.8) is 0 Å². The topological polar surface area (TPSA) is 85.1 Å². The van der Waals surface area contributed by atoms with E-state index in [0.717, 1.165) is 11.1 Å². The van der Waals surface area contributed by atoms with E-state index in [0.29, 0.717) is 34.9 Å². The predicted molar refractivity (Wildman–Crippen MR) is 98.3 cm³/mol. The number of rotatable bonds is 5. The highest BCUT2D eigenvalue weighted by molar-refractivity contribution is 7.80. The van der Waals surface area contributed by atoms with Crippen LogP contribution in [0.4, 0.5) is 5.82 Å². The first-order valence-corrected chi connectivity index (χ1v) is 8.00. The lowest BCUT2D eigenvalue weighted by molar-refractivity contribution is 0.376. The van der Waals surface area contributed by atoms with Gasteiger partial charge in [0.1, 0.15) is 0 Å². The Hall–Kier alpha value is -3.00. The van der Waals surface area contributed by atoms with E-state index >= 15 is 0 Å². The minimum Gasteiger partial charge on any atom is -0.493 e. The first-order valence-electron chi connectivity index (χ1n) is 7.59. The van der Waals surface area contributed by atoms with Crippen molar-refractivity contribution in [1.82, 2.24) is 20.4 Å². The van der Waals surface area contributed by atoms with Crippen molar-refractivity contribution in [2.45, 2.75) is 13.5 Å². The number of pyridine rings is 1. The zero-order valence-electron chi connectivity index (χ0n) is 13.8. The second-order valence-electron chi connectivity index (χ2n) is 5.24.